The number of ether oxygens (including phenoxy) is 1. The monoisotopic (exact) mass is 546 g/mol. The zero-order chi connectivity index (χ0) is 28.6. The molecule has 0 aliphatic carbocycles. The average Bonchev–Trinajstić information content (AvgIpc) is 3.55. The van der Waals surface area contributed by atoms with Crippen molar-refractivity contribution in [2.45, 2.75) is 26.7 Å². The first-order valence-electron chi connectivity index (χ1n) is 13.4. The predicted octanol–water partition coefficient (Wildman–Crippen LogP) is 7.08. The number of unbranched alkanes of at least 4 members (excludes halogenated alkanes) is 1. The van der Waals surface area contributed by atoms with E-state index >= 15 is 0 Å². The molecule has 0 bridgehead atoms. The highest BCUT2D eigenvalue weighted by Crippen LogP contribution is 2.27. The summed E-state index contributed by atoms with van der Waals surface area (Å²) in [6.07, 6.45) is 3.49. The quantitative estimate of drug-likeness (QED) is 0.111. The summed E-state index contributed by atoms with van der Waals surface area (Å²) in [6, 6.07) is 27.5. The second kappa shape index (κ2) is 12.7. The highest BCUT2D eigenvalue weighted by atomic mass is 16.5. The van der Waals surface area contributed by atoms with Gasteiger partial charge in [0.05, 0.1) is 35.4 Å². The van der Waals surface area contributed by atoms with E-state index in [2.05, 4.69) is 22.8 Å². The van der Waals surface area contributed by atoms with Gasteiger partial charge >= 0.3 is 0 Å². The van der Waals surface area contributed by atoms with E-state index in [0.29, 0.717) is 34.8 Å². The Morgan fingerprint density at radius 3 is 2.54 bits per heavy atom. The summed E-state index contributed by atoms with van der Waals surface area (Å²) < 4.78 is 11.0. The van der Waals surface area contributed by atoms with Gasteiger partial charge in [0.1, 0.15) is 5.75 Å². The SMILES string of the molecule is CCCCOc1cccc(-c2cc(C(=O)N/N=C(\C)c3ccc(NC(=O)c4ccco4)cc3)c3ccccc3n2)c1. The molecule has 0 unspecified atom stereocenters. The van der Waals surface area contributed by atoms with Crippen molar-refractivity contribution in [2.75, 3.05) is 11.9 Å². The van der Waals surface area contributed by atoms with Crippen LogP contribution < -0.4 is 15.5 Å². The van der Waals surface area contributed by atoms with Crippen molar-refractivity contribution >= 4 is 34.1 Å². The summed E-state index contributed by atoms with van der Waals surface area (Å²) in [5.41, 5.74) is 7.41. The summed E-state index contributed by atoms with van der Waals surface area (Å²) in [6.45, 7) is 4.58. The fraction of sp³-hybridized carbons (Fsp3) is 0.152. The van der Waals surface area contributed by atoms with Gasteiger partial charge in [0.2, 0.25) is 0 Å². The number of nitrogens with one attached hydrogen (secondary N) is 2. The van der Waals surface area contributed by atoms with Crippen molar-refractivity contribution in [1.82, 2.24) is 10.4 Å². The van der Waals surface area contributed by atoms with Crippen LogP contribution in [0.5, 0.6) is 5.75 Å². The maximum atomic E-state index is 13.4. The smallest absolute Gasteiger partial charge is 0.291 e. The average molecular weight is 547 g/mol. The van der Waals surface area contributed by atoms with Gasteiger partial charge in [0.15, 0.2) is 5.76 Å². The second-order valence-electron chi connectivity index (χ2n) is 9.45. The number of carbonyl (C=O) groups is 2. The van der Waals surface area contributed by atoms with Crippen LogP contribution in [-0.2, 0) is 0 Å². The highest BCUT2D eigenvalue weighted by Gasteiger charge is 2.15. The van der Waals surface area contributed by atoms with Crippen LogP contribution in [0.4, 0.5) is 5.69 Å². The number of amides is 2. The van der Waals surface area contributed by atoms with Crippen LogP contribution in [0.1, 0.15) is 53.2 Å². The Balaban J connectivity index is 1.34. The minimum absolute atomic E-state index is 0.231. The van der Waals surface area contributed by atoms with E-state index in [1.54, 1.807) is 37.3 Å². The van der Waals surface area contributed by atoms with Gasteiger partial charge in [-0.05, 0) is 67.4 Å². The lowest BCUT2D eigenvalue weighted by Crippen LogP contribution is -2.20. The van der Waals surface area contributed by atoms with Gasteiger partial charge < -0.3 is 14.5 Å². The molecule has 2 heterocycles. The Kier molecular flexibility index (Phi) is 8.49. The number of hydrazone groups is 1. The molecule has 0 fully saturated rings. The van der Waals surface area contributed by atoms with E-state index < -0.39 is 0 Å². The van der Waals surface area contributed by atoms with Crippen molar-refractivity contribution in [1.29, 1.82) is 0 Å². The minimum Gasteiger partial charge on any atom is -0.494 e. The summed E-state index contributed by atoms with van der Waals surface area (Å²) in [7, 11) is 0. The van der Waals surface area contributed by atoms with Gasteiger partial charge in [-0.25, -0.2) is 10.4 Å². The lowest BCUT2D eigenvalue weighted by atomic mass is 10.0. The Hall–Kier alpha value is -5.24. The number of carbonyl (C=O) groups excluding carboxylic acids is 2. The second-order valence-corrected chi connectivity index (χ2v) is 9.45. The molecule has 5 rings (SSSR count). The largest absolute Gasteiger partial charge is 0.494 e. The van der Waals surface area contributed by atoms with Crippen LogP contribution in [0.15, 0.2) is 107 Å². The van der Waals surface area contributed by atoms with E-state index in [9.17, 15) is 9.59 Å². The van der Waals surface area contributed by atoms with Gasteiger partial charge in [0, 0.05) is 16.6 Å². The highest BCUT2D eigenvalue weighted by molar-refractivity contribution is 6.08. The van der Waals surface area contributed by atoms with Crippen molar-refractivity contribution in [2.24, 2.45) is 5.10 Å². The number of rotatable bonds is 10. The molecule has 206 valence electrons. The molecule has 0 spiro atoms. The summed E-state index contributed by atoms with van der Waals surface area (Å²) >= 11 is 0. The van der Waals surface area contributed by atoms with Gasteiger partial charge in [-0.3, -0.25) is 9.59 Å². The number of hydrogen-bond donors (Lipinski definition) is 2. The van der Waals surface area contributed by atoms with Crippen molar-refractivity contribution < 1.29 is 18.7 Å². The fourth-order valence-electron chi connectivity index (χ4n) is 4.25. The third-order valence-electron chi connectivity index (χ3n) is 6.49. The molecule has 2 N–H and O–H groups in total. The van der Waals surface area contributed by atoms with Gasteiger partial charge in [0.25, 0.3) is 11.8 Å². The fourth-order valence-corrected chi connectivity index (χ4v) is 4.25. The third kappa shape index (κ3) is 6.67. The molecule has 0 atom stereocenters. The van der Waals surface area contributed by atoms with Gasteiger partial charge in [-0.15, -0.1) is 0 Å². The zero-order valence-corrected chi connectivity index (χ0v) is 22.9. The summed E-state index contributed by atoms with van der Waals surface area (Å²) in [5, 5.41) is 7.85. The number of benzene rings is 3. The zero-order valence-electron chi connectivity index (χ0n) is 22.9. The van der Waals surface area contributed by atoms with E-state index in [1.807, 2.05) is 60.7 Å². The van der Waals surface area contributed by atoms with Gasteiger partial charge in [-0.2, -0.15) is 5.10 Å². The molecule has 3 aromatic carbocycles. The first-order chi connectivity index (χ1) is 20.0. The maximum Gasteiger partial charge on any atom is 0.291 e. The Morgan fingerprint density at radius 1 is 0.927 bits per heavy atom. The number of para-hydroxylation sites is 1. The standard InChI is InChI=1S/C33H30N4O4/c1-3-4-18-40-26-10-7-9-24(20-26)30-21-28(27-11-5-6-12-29(27)35-30)32(38)37-36-22(2)23-14-16-25(17-15-23)34-33(39)31-13-8-19-41-31/h5-17,19-21H,3-4,18H2,1-2H3,(H,34,39)(H,37,38)/b36-22+. The molecular weight excluding hydrogens is 516 g/mol. The molecule has 0 radical (unpaired) electrons. The van der Waals surface area contributed by atoms with Crippen molar-refractivity contribution in [3.63, 3.8) is 0 Å². The molecule has 5 aromatic rings. The Labute approximate surface area is 238 Å². The Morgan fingerprint density at radius 2 is 1.76 bits per heavy atom. The molecule has 0 saturated heterocycles. The van der Waals surface area contributed by atoms with Crippen LogP contribution in [0, 0.1) is 0 Å². The predicted molar refractivity (Wildman–Crippen MR) is 160 cm³/mol. The number of furan rings is 1. The number of fused-ring (bicyclic) bond motifs is 1. The lowest BCUT2D eigenvalue weighted by molar-refractivity contribution is 0.0955. The molecule has 8 nitrogen and oxygen atoms in total. The molecule has 2 amide bonds. The number of anilines is 1. The third-order valence-corrected chi connectivity index (χ3v) is 6.49. The van der Waals surface area contributed by atoms with Gasteiger partial charge in [-0.1, -0.05) is 55.8 Å². The number of hydrogen-bond acceptors (Lipinski definition) is 6. The van der Waals surface area contributed by atoms with E-state index in [4.69, 9.17) is 14.1 Å². The van der Waals surface area contributed by atoms with Crippen LogP contribution in [0.3, 0.4) is 0 Å². The lowest BCUT2D eigenvalue weighted by Gasteiger charge is -2.11. The van der Waals surface area contributed by atoms with E-state index in [0.717, 1.165) is 35.1 Å². The maximum absolute atomic E-state index is 13.4. The van der Waals surface area contributed by atoms with Crippen molar-refractivity contribution in [3.05, 3.63) is 114 Å². The number of aromatic nitrogens is 1. The van der Waals surface area contributed by atoms with Crippen molar-refractivity contribution in [3.8, 4) is 17.0 Å². The summed E-state index contributed by atoms with van der Waals surface area (Å²) in [4.78, 5) is 30.4. The number of pyridine rings is 1. The van der Waals surface area contributed by atoms with Crippen LogP contribution >= 0.6 is 0 Å². The molecule has 41 heavy (non-hydrogen) atoms. The molecule has 0 saturated carbocycles. The summed E-state index contributed by atoms with van der Waals surface area (Å²) in [5.74, 6) is 0.319. The topological polar surface area (TPSA) is 106 Å². The normalized spacial score (nSPS) is 11.3. The van der Waals surface area contributed by atoms with E-state index in [1.165, 1.54) is 6.26 Å². The van der Waals surface area contributed by atoms with E-state index in [-0.39, 0.29) is 17.6 Å². The van der Waals surface area contributed by atoms with Crippen LogP contribution in [0.2, 0.25) is 0 Å². The van der Waals surface area contributed by atoms with Crippen LogP contribution in [-0.4, -0.2) is 29.1 Å². The molecular formula is C33H30N4O4. The molecule has 8 heteroatoms. The Bertz CT molecular complexity index is 1690. The number of nitrogens with zero attached hydrogens (tertiary/aromatic N) is 2. The van der Waals surface area contributed by atoms with Crippen LogP contribution in [0.25, 0.3) is 22.2 Å². The first kappa shape index (κ1) is 27.3. The molecule has 0 aliphatic rings. The first-order valence-corrected chi connectivity index (χ1v) is 13.4. The molecule has 2 aromatic heterocycles. The molecule has 0 aliphatic heterocycles. The minimum atomic E-state index is -0.345.